The van der Waals surface area contributed by atoms with Crippen LogP contribution in [-0.2, 0) is 4.57 Å². The molecule has 7 nitrogen and oxygen atoms in total. The summed E-state index contributed by atoms with van der Waals surface area (Å²) in [4.78, 5) is 22.4. The third kappa shape index (κ3) is 11.5. The first-order valence-electron chi connectivity index (χ1n) is 11.3. The van der Waals surface area contributed by atoms with Crippen LogP contribution in [0.2, 0.25) is 0 Å². The van der Waals surface area contributed by atoms with Gasteiger partial charge in [-0.1, -0.05) is 68.7 Å². The highest BCUT2D eigenvalue weighted by Gasteiger charge is 2.17. The number of carbonyl (C=O) groups excluding carboxylic acids is 2. The van der Waals surface area contributed by atoms with E-state index in [9.17, 15) is 14.2 Å². The summed E-state index contributed by atoms with van der Waals surface area (Å²) >= 11 is 0. The number of hydrogen-bond donors (Lipinski definition) is 4. The van der Waals surface area contributed by atoms with E-state index < -0.39 is 0 Å². The van der Waals surface area contributed by atoms with Crippen molar-refractivity contribution in [3.8, 4) is 0 Å². The molecule has 0 aliphatic rings. The van der Waals surface area contributed by atoms with Crippen LogP contribution in [0.5, 0.6) is 0 Å². The third-order valence-corrected chi connectivity index (χ3v) is 5.93. The molecule has 0 fully saturated rings. The first-order valence-corrected chi connectivity index (χ1v) is 12.4. The highest BCUT2D eigenvalue weighted by molar-refractivity contribution is 7.23. The van der Waals surface area contributed by atoms with Gasteiger partial charge in [0.25, 0.3) is 11.8 Å². The number of benzene rings is 2. The molecule has 0 heterocycles. The van der Waals surface area contributed by atoms with Gasteiger partial charge in [-0.15, -0.1) is 0 Å². The summed E-state index contributed by atoms with van der Waals surface area (Å²) in [5.74, 6) is 10.2. The fourth-order valence-electron chi connectivity index (χ4n) is 3.75. The standard InChI is InChI=1S/2C9H12N2O.C8H17OP/c2*1-6-4-3-5-7(2)8(6)9(12)11-10;1-7(6-10-9)5-8(2,3)4/h2*3-5H,10H2,1-2H3,(H,11,12);7H,5-6H2,1-4H3/p+1. The van der Waals surface area contributed by atoms with Crippen molar-refractivity contribution in [2.24, 2.45) is 23.0 Å². The molecule has 0 radical (unpaired) electrons. The number of hydrazine groups is 2. The summed E-state index contributed by atoms with van der Waals surface area (Å²) in [6.07, 6.45) is 2.03. The van der Waals surface area contributed by atoms with E-state index in [1.807, 2.05) is 64.1 Å². The van der Waals surface area contributed by atoms with Crippen LogP contribution in [0.25, 0.3) is 0 Å². The van der Waals surface area contributed by atoms with Gasteiger partial charge in [0.2, 0.25) is 0 Å². The fraction of sp³-hybridized carbons (Fsp3) is 0.462. The van der Waals surface area contributed by atoms with E-state index in [1.54, 1.807) is 0 Å². The molecule has 2 rings (SSSR count). The van der Waals surface area contributed by atoms with Crippen molar-refractivity contribution >= 4 is 20.3 Å². The van der Waals surface area contributed by atoms with E-state index in [-0.39, 0.29) is 20.3 Å². The second-order valence-electron chi connectivity index (χ2n) is 9.70. The smallest absolute Gasteiger partial charge is 0.290 e. The summed E-state index contributed by atoms with van der Waals surface area (Å²) in [5.41, 5.74) is 9.74. The Morgan fingerprint density at radius 3 is 1.38 bits per heavy atom. The molecular weight excluding hydrogens is 447 g/mol. The number of nitrogens with one attached hydrogen (secondary N) is 2. The van der Waals surface area contributed by atoms with Crippen LogP contribution in [0.15, 0.2) is 36.4 Å². The number of aryl methyl sites for hydroxylation is 4. The van der Waals surface area contributed by atoms with Gasteiger partial charge in [0.1, 0.15) is 6.16 Å². The van der Waals surface area contributed by atoms with Gasteiger partial charge in [0.05, 0.1) is 0 Å². The lowest BCUT2D eigenvalue weighted by molar-refractivity contribution is 0.0944. The average Bonchev–Trinajstić information content (AvgIpc) is 2.73. The number of nitrogens with two attached hydrogens (primary N) is 2. The number of carbonyl (C=O) groups is 2. The highest BCUT2D eigenvalue weighted by atomic mass is 31.1. The summed E-state index contributed by atoms with van der Waals surface area (Å²) in [6.45, 7) is 16.4. The number of nitrogen functional groups attached to an aromatic ring is 2. The van der Waals surface area contributed by atoms with Gasteiger partial charge >= 0.3 is 8.46 Å². The van der Waals surface area contributed by atoms with Crippen molar-refractivity contribution in [1.82, 2.24) is 10.9 Å². The Bertz CT molecular complexity index is 852. The van der Waals surface area contributed by atoms with Crippen molar-refractivity contribution in [3.63, 3.8) is 0 Å². The molecule has 2 atom stereocenters. The minimum absolute atomic E-state index is 0.126. The van der Waals surface area contributed by atoms with Gasteiger partial charge in [0, 0.05) is 17.0 Å². The minimum atomic E-state index is -0.231. The van der Waals surface area contributed by atoms with Crippen LogP contribution in [0.4, 0.5) is 0 Å². The summed E-state index contributed by atoms with van der Waals surface area (Å²) < 4.78 is 10.3. The Balaban J connectivity index is 0.000000484. The summed E-state index contributed by atoms with van der Waals surface area (Å²) in [5, 5.41) is 0. The number of hydrogen-bond acceptors (Lipinski definition) is 5. The van der Waals surface area contributed by atoms with Gasteiger partial charge in [-0.3, -0.25) is 20.4 Å². The van der Waals surface area contributed by atoms with Crippen LogP contribution >= 0.6 is 8.46 Å². The monoisotopic (exact) mass is 489 g/mol. The van der Waals surface area contributed by atoms with Crippen molar-refractivity contribution in [2.45, 2.75) is 61.8 Å². The maximum absolute atomic E-state index is 11.2. The molecule has 2 aromatic carbocycles. The third-order valence-electron chi connectivity index (χ3n) is 5.07. The molecule has 0 saturated heterocycles. The summed E-state index contributed by atoms with van der Waals surface area (Å²) in [6, 6.07) is 11.4. The van der Waals surface area contributed by atoms with E-state index in [1.165, 1.54) is 6.42 Å². The van der Waals surface area contributed by atoms with Gasteiger partial charge in [-0.25, -0.2) is 11.7 Å². The molecule has 6 N–H and O–H groups in total. The van der Waals surface area contributed by atoms with E-state index in [0.29, 0.717) is 22.5 Å². The Morgan fingerprint density at radius 2 is 1.15 bits per heavy atom. The lowest BCUT2D eigenvalue weighted by atomic mass is 9.86. The largest absolute Gasteiger partial charge is 0.325 e. The maximum atomic E-state index is 11.2. The second-order valence-corrected chi connectivity index (χ2v) is 10.4. The van der Waals surface area contributed by atoms with E-state index in [4.69, 9.17) is 11.7 Å². The lowest BCUT2D eigenvalue weighted by Crippen LogP contribution is -2.31. The Morgan fingerprint density at radius 1 is 0.824 bits per heavy atom. The van der Waals surface area contributed by atoms with Crippen LogP contribution < -0.4 is 22.5 Å². The molecule has 0 spiro atoms. The van der Waals surface area contributed by atoms with Crippen molar-refractivity contribution in [3.05, 3.63) is 69.8 Å². The molecule has 2 unspecified atom stereocenters. The SMILES string of the molecule is CC(C[PH+]=O)CC(C)(C)C.Cc1cccc(C)c1C(=O)NN.Cc1cccc(C)c1C(=O)NN. The molecule has 2 amide bonds. The van der Waals surface area contributed by atoms with Crippen molar-refractivity contribution < 1.29 is 14.2 Å². The van der Waals surface area contributed by atoms with Gasteiger partial charge in [0.15, 0.2) is 0 Å². The first kappa shape index (κ1) is 31.4. The van der Waals surface area contributed by atoms with Gasteiger partial charge in [-0.05, 0) is 61.8 Å². The quantitative estimate of drug-likeness (QED) is 0.206. The molecule has 2 aromatic rings. The first-order chi connectivity index (χ1) is 15.8. The van der Waals surface area contributed by atoms with E-state index in [2.05, 4.69) is 38.5 Å². The molecule has 0 aliphatic heterocycles. The lowest BCUT2D eigenvalue weighted by Gasteiger charge is -2.20. The molecule has 0 saturated carbocycles. The summed E-state index contributed by atoms with van der Waals surface area (Å²) in [7, 11) is -0.126. The molecule has 0 bridgehead atoms. The van der Waals surface area contributed by atoms with Crippen molar-refractivity contribution in [2.75, 3.05) is 6.16 Å². The van der Waals surface area contributed by atoms with E-state index in [0.717, 1.165) is 28.4 Å². The van der Waals surface area contributed by atoms with Crippen LogP contribution in [0.1, 0.15) is 77.1 Å². The minimum Gasteiger partial charge on any atom is -0.290 e. The maximum Gasteiger partial charge on any atom is 0.325 e. The van der Waals surface area contributed by atoms with Crippen LogP contribution in [0, 0.1) is 39.0 Å². The Hall–Kier alpha value is -2.60. The predicted octanol–water partition coefficient (Wildman–Crippen LogP) is 4.90. The van der Waals surface area contributed by atoms with E-state index >= 15 is 0 Å². The normalized spacial score (nSPS) is 11.4. The molecule has 0 aliphatic carbocycles. The van der Waals surface area contributed by atoms with Crippen molar-refractivity contribution in [1.29, 1.82) is 0 Å². The zero-order valence-corrected chi connectivity index (χ0v) is 22.8. The fourth-order valence-corrected chi connectivity index (χ4v) is 4.18. The zero-order valence-electron chi connectivity index (χ0n) is 21.8. The number of rotatable bonds is 5. The second kappa shape index (κ2) is 15.3. The zero-order chi connectivity index (χ0) is 26.5. The molecule has 188 valence electrons. The van der Waals surface area contributed by atoms with Crippen LogP contribution in [-0.4, -0.2) is 18.0 Å². The number of amides is 2. The van der Waals surface area contributed by atoms with Crippen LogP contribution in [0.3, 0.4) is 0 Å². The van der Waals surface area contributed by atoms with Gasteiger partial charge in [-0.2, -0.15) is 0 Å². The molecule has 34 heavy (non-hydrogen) atoms. The molecular formula is C26H42N4O3P+. The Labute approximate surface area is 206 Å². The Kier molecular flexibility index (Phi) is 14.2. The predicted molar refractivity (Wildman–Crippen MR) is 142 cm³/mol. The average molecular weight is 490 g/mol. The molecule has 8 heteroatoms. The topological polar surface area (TPSA) is 127 Å². The molecule has 0 aromatic heterocycles. The highest BCUT2D eigenvalue weighted by Crippen LogP contribution is 2.25. The van der Waals surface area contributed by atoms with Gasteiger partial charge < -0.3 is 0 Å².